The van der Waals surface area contributed by atoms with E-state index in [0.29, 0.717) is 0 Å². The molecule has 0 saturated carbocycles. The average molecular weight is 317 g/mol. The second-order valence-electron chi connectivity index (χ2n) is 4.57. The summed E-state index contributed by atoms with van der Waals surface area (Å²) in [6.45, 7) is 2.88. The maximum absolute atomic E-state index is 12.5. The Morgan fingerprint density at radius 3 is 2.88 bits per heavy atom. The molecule has 0 amide bonds. The molecule has 2 rings (SSSR count). The summed E-state index contributed by atoms with van der Waals surface area (Å²) in [6, 6.07) is 1.93. The van der Waals surface area contributed by atoms with E-state index >= 15 is 0 Å². The summed E-state index contributed by atoms with van der Waals surface area (Å²) in [5.41, 5.74) is 0. The summed E-state index contributed by atoms with van der Waals surface area (Å²) >= 11 is 4.97. The smallest absolute Gasteiger partial charge is 0.192 e. The number of hydrogen-bond donors (Lipinski definition) is 0. The standard InChI is InChI=1S/C12H17BrN2OS/c1-14-5-3-6-15(2)10(8-14)11(16)12-9(13)4-7-17-12/h4,7,10H,3,5-6,8H2,1-2H3. The van der Waals surface area contributed by atoms with Crippen molar-refractivity contribution in [3.63, 3.8) is 0 Å². The number of ketones is 1. The highest BCUT2D eigenvalue weighted by molar-refractivity contribution is 9.10. The topological polar surface area (TPSA) is 23.6 Å². The average Bonchev–Trinajstić information content (AvgIpc) is 2.63. The van der Waals surface area contributed by atoms with E-state index in [1.165, 1.54) is 11.3 Å². The minimum absolute atomic E-state index is 0.0162. The van der Waals surface area contributed by atoms with Crippen LogP contribution in [0.3, 0.4) is 0 Å². The molecule has 94 valence electrons. The van der Waals surface area contributed by atoms with E-state index in [1.807, 2.05) is 18.5 Å². The molecule has 0 bridgehead atoms. The van der Waals surface area contributed by atoms with Gasteiger partial charge in [0.1, 0.15) is 0 Å². The minimum atomic E-state index is -0.0162. The fourth-order valence-electron chi connectivity index (χ4n) is 2.18. The van der Waals surface area contributed by atoms with Crippen LogP contribution in [-0.4, -0.2) is 55.4 Å². The normalized spacial score (nSPS) is 23.6. The number of Topliss-reactive ketones (excluding diaryl/α,β-unsaturated/α-hetero) is 1. The first kappa shape index (κ1) is 13.2. The number of thiophene rings is 1. The molecular weight excluding hydrogens is 300 g/mol. The van der Waals surface area contributed by atoms with Crippen molar-refractivity contribution >= 4 is 33.0 Å². The third-order valence-corrected chi connectivity index (χ3v) is 5.06. The van der Waals surface area contributed by atoms with Crippen LogP contribution in [-0.2, 0) is 0 Å². The van der Waals surface area contributed by atoms with E-state index in [0.717, 1.165) is 35.4 Å². The number of nitrogens with zero attached hydrogens (tertiary/aromatic N) is 2. The highest BCUT2D eigenvalue weighted by atomic mass is 79.9. The lowest BCUT2D eigenvalue weighted by Gasteiger charge is -2.25. The maximum atomic E-state index is 12.5. The van der Waals surface area contributed by atoms with Crippen LogP contribution < -0.4 is 0 Å². The van der Waals surface area contributed by atoms with Gasteiger partial charge in [0.05, 0.1) is 10.9 Å². The van der Waals surface area contributed by atoms with Gasteiger partial charge in [-0.15, -0.1) is 11.3 Å². The van der Waals surface area contributed by atoms with Crippen molar-refractivity contribution in [3.8, 4) is 0 Å². The summed E-state index contributed by atoms with van der Waals surface area (Å²) in [4.78, 5) is 17.8. The zero-order valence-corrected chi connectivity index (χ0v) is 12.6. The van der Waals surface area contributed by atoms with Gasteiger partial charge < -0.3 is 4.90 Å². The summed E-state index contributed by atoms with van der Waals surface area (Å²) in [7, 11) is 4.13. The van der Waals surface area contributed by atoms with Gasteiger partial charge in [0.15, 0.2) is 5.78 Å². The van der Waals surface area contributed by atoms with Crippen LogP contribution in [0, 0.1) is 0 Å². The first-order valence-corrected chi connectivity index (χ1v) is 7.43. The molecule has 0 spiro atoms. The zero-order chi connectivity index (χ0) is 12.4. The van der Waals surface area contributed by atoms with E-state index in [4.69, 9.17) is 0 Å². The van der Waals surface area contributed by atoms with Crippen LogP contribution in [0.2, 0.25) is 0 Å². The molecule has 1 aromatic heterocycles. The van der Waals surface area contributed by atoms with Crippen molar-refractivity contribution < 1.29 is 4.79 Å². The molecule has 5 heteroatoms. The van der Waals surface area contributed by atoms with Crippen LogP contribution >= 0.6 is 27.3 Å². The molecule has 0 aromatic carbocycles. The Balaban J connectivity index is 2.19. The molecule has 1 aromatic rings. The van der Waals surface area contributed by atoms with Crippen LogP contribution in [0.25, 0.3) is 0 Å². The molecular formula is C12H17BrN2OS. The predicted octanol–water partition coefficient (Wildman–Crippen LogP) is 2.33. The molecule has 3 nitrogen and oxygen atoms in total. The molecule has 17 heavy (non-hydrogen) atoms. The molecule has 1 aliphatic rings. The Morgan fingerprint density at radius 1 is 1.47 bits per heavy atom. The van der Waals surface area contributed by atoms with E-state index in [-0.39, 0.29) is 11.8 Å². The largest absolute Gasteiger partial charge is 0.304 e. The lowest BCUT2D eigenvalue weighted by molar-refractivity contribution is 0.0843. The monoisotopic (exact) mass is 316 g/mol. The fourth-order valence-corrected chi connectivity index (χ4v) is 3.73. The first-order chi connectivity index (χ1) is 8.09. The Kier molecular flexibility index (Phi) is 4.36. The number of rotatable bonds is 2. The molecule has 0 radical (unpaired) electrons. The second kappa shape index (κ2) is 5.61. The van der Waals surface area contributed by atoms with Gasteiger partial charge in [-0.1, -0.05) is 0 Å². The van der Waals surface area contributed by atoms with Gasteiger partial charge in [0, 0.05) is 11.0 Å². The zero-order valence-electron chi connectivity index (χ0n) is 10.1. The number of carbonyl (C=O) groups is 1. The Hall–Kier alpha value is -0.230. The summed E-state index contributed by atoms with van der Waals surface area (Å²) in [5, 5.41) is 1.96. The highest BCUT2D eigenvalue weighted by Crippen LogP contribution is 2.25. The number of carbonyl (C=O) groups excluding carboxylic acids is 1. The number of likely N-dealkylation sites (N-methyl/N-ethyl adjacent to an activating group) is 2. The number of hydrogen-bond acceptors (Lipinski definition) is 4. The van der Waals surface area contributed by atoms with Crippen LogP contribution in [0.1, 0.15) is 16.1 Å². The Morgan fingerprint density at radius 2 is 2.24 bits per heavy atom. The van der Waals surface area contributed by atoms with Gasteiger partial charge in [-0.2, -0.15) is 0 Å². The summed E-state index contributed by atoms with van der Waals surface area (Å²) < 4.78 is 0.924. The molecule has 2 heterocycles. The first-order valence-electron chi connectivity index (χ1n) is 5.75. The Labute approximate surface area is 115 Å². The fraction of sp³-hybridized carbons (Fsp3) is 0.583. The van der Waals surface area contributed by atoms with Crippen molar-refractivity contribution in [3.05, 3.63) is 20.8 Å². The van der Waals surface area contributed by atoms with Crippen molar-refractivity contribution in [1.82, 2.24) is 9.80 Å². The van der Waals surface area contributed by atoms with Gasteiger partial charge in [-0.3, -0.25) is 9.69 Å². The van der Waals surface area contributed by atoms with Crippen molar-refractivity contribution in [2.75, 3.05) is 33.7 Å². The summed E-state index contributed by atoms with van der Waals surface area (Å²) in [6.07, 6.45) is 1.13. The quantitative estimate of drug-likeness (QED) is 0.782. The third-order valence-electron chi connectivity index (χ3n) is 3.21. The molecule has 1 aliphatic heterocycles. The van der Waals surface area contributed by atoms with Crippen molar-refractivity contribution in [2.24, 2.45) is 0 Å². The minimum Gasteiger partial charge on any atom is -0.304 e. The molecule has 1 atom stereocenters. The van der Waals surface area contributed by atoms with E-state index < -0.39 is 0 Å². The van der Waals surface area contributed by atoms with E-state index in [1.54, 1.807) is 0 Å². The van der Waals surface area contributed by atoms with Gasteiger partial charge in [-0.25, -0.2) is 0 Å². The van der Waals surface area contributed by atoms with Gasteiger partial charge in [-0.05, 0) is 61.0 Å². The lowest BCUT2D eigenvalue weighted by atomic mass is 10.1. The molecule has 1 saturated heterocycles. The van der Waals surface area contributed by atoms with Gasteiger partial charge >= 0.3 is 0 Å². The van der Waals surface area contributed by atoms with E-state index in [9.17, 15) is 4.79 Å². The second-order valence-corrected chi connectivity index (χ2v) is 6.34. The molecule has 0 aliphatic carbocycles. The van der Waals surface area contributed by atoms with Gasteiger partial charge in [0.25, 0.3) is 0 Å². The summed E-state index contributed by atoms with van der Waals surface area (Å²) in [5.74, 6) is 0.239. The lowest BCUT2D eigenvalue weighted by Crippen LogP contribution is -2.43. The maximum Gasteiger partial charge on any atom is 0.192 e. The third kappa shape index (κ3) is 2.96. The molecule has 0 N–H and O–H groups in total. The molecule has 1 unspecified atom stereocenters. The van der Waals surface area contributed by atoms with Crippen LogP contribution in [0.15, 0.2) is 15.9 Å². The van der Waals surface area contributed by atoms with Crippen LogP contribution in [0.5, 0.6) is 0 Å². The van der Waals surface area contributed by atoms with Crippen molar-refractivity contribution in [2.45, 2.75) is 12.5 Å². The van der Waals surface area contributed by atoms with E-state index in [2.05, 4.69) is 32.8 Å². The number of halogens is 1. The predicted molar refractivity (Wildman–Crippen MR) is 74.9 cm³/mol. The van der Waals surface area contributed by atoms with Crippen LogP contribution in [0.4, 0.5) is 0 Å². The SMILES string of the molecule is CN1CCCN(C)C(C(=O)c2sccc2Br)C1. The van der Waals surface area contributed by atoms with Crippen molar-refractivity contribution in [1.29, 1.82) is 0 Å². The van der Waals surface area contributed by atoms with Gasteiger partial charge in [0.2, 0.25) is 0 Å². The molecule has 1 fully saturated rings. The highest BCUT2D eigenvalue weighted by Gasteiger charge is 2.29. The Bertz CT molecular complexity index is 407.